The molecule has 2 heterocycles. The third kappa shape index (κ3) is 2.63. The van der Waals surface area contributed by atoms with Crippen molar-refractivity contribution in [2.45, 2.75) is 20.5 Å². The highest BCUT2D eigenvalue weighted by molar-refractivity contribution is 5.95. The fourth-order valence-electron chi connectivity index (χ4n) is 2.58. The number of esters is 1. The Kier molecular flexibility index (Phi) is 4.20. The number of fused-ring (bicyclic) bond motifs is 3. The Balaban J connectivity index is 2.26. The van der Waals surface area contributed by atoms with Crippen molar-refractivity contribution >= 4 is 16.9 Å². The molecular weight excluding hydrogens is 302 g/mol. The third-order valence-electron chi connectivity index (χ3n) is 3.52. The molecule has 0 saturated carbocycles. The van der Waals surface area contributed by atoms with Gasteiger partial charge in [-0.3, -0.25) is 4.79 Å². The summed E-state index contributed by atoms with van der Waals surface area (Å²) in [4.78, 5) is 27.6. The zero-order valence-corrected chi connectivity index (χ0v) is 12.9. The maximum Gasteiger partial charge on any atom is 0.343 e. The van der Waals surface area contributed by atoms with Crippen LogP contribution in [0.5, 0.6) is 11.5 Å². The quantitative estimate of drug-likeness (QED) is 0.867. The van der Waals surface area contributed by atoms with Crippen LogP contribution in [0.4, 0.5) is 0 Å². The zero-order chi connectivity index (χ0) is 16.4. The number of hydrogen-bond acceptors (Lipinski definition) is 6. The van der Waals surface area contributed by atoms with Gasteiger partial charge in [-0.15, -0.1) is 0 Å². The van der Waals surface area contributed by atoms with Crippen molar-refractivity contribution < 1.29 is 23.7 Å². The van der Waals surface area contributed by atoms with E-state index in [2.05, 4.69) is 4.98 Å². The van der Waals surface area contributed by atoms with Crippen molar-refractivity contribution in [2.24, 2.45) is 0 Å². The Morgan fingerprint density at radius 2 is 2.17 bits per heavy atom. The minimum Gasteiger partial charge on any atom is -0.490 e. The van der Waals surface area contributed by atoms with Gasteiger partial charge in [0.1, 0.15) is 5.56 Å². The number of carbonyl (C=O) groups is 1. The largest absolute Gasteiger partial charge is 0.490 e. The summed E-state index contributed by atoms with van der Waals surface area (Å²) in [6.07, 6.45) is 1.36. The number of nitrogens with one attached hydrogen (secondary N) is 1. The lowest BCUT2D eigenvalue weighted by Crippen LogP contribution is -2.21. The SMILES string of the molecule is CCOC(=O)c1c[nH]c2cc(OCC)c3c(c2c1=O)COCO3. The number of benzene rings is 1. The molecule has 23 heavy (non-hydrogen) atoms. The molecule has 0 spiro atoms. The molecule has 3 rings (SSSR count). The van der Waals surface area contributed by atoms with Gasteiger partial charge in [0.25, 0.3) is 0 Å². The van der Waals surface area contributed by atoms with Crippen molar-refractivity contribution in [3.05, 3.63) is 33.6 Å². The maximum atomic E-state index is 12.7. The van der Waals surface area contributed by atoms with Gasteiger partial charge >= 0.3 is 5.97 Å². The molecule has 0 atom stereocenters. The normalized spacial score (nSPS) is 13.3. The fourth-order valence-corrected chi connectivity index (χ4v) is 2.58. The predicted molar refractivity (Wildman–Crippen MR) is 82.0 cm³/mol. The van der Waals surface area contributed by atoms with Crippen molar-refractivity contribution in [2.75, 3.05) is 20.0 Å². The van der Waals surface area contributed by atoms with Gasteiger partial charge in [-0.2, -0.15) is 0 Å². The number of aromatic amines is 1. The topological polar surface area (TPSA) is 86.9 Å². The van der Waals surface area contributed by atoms with Crippen LogP contribution in [0.25, 0.3) is 10.9 Å². The van der Waals surface area contributed by atoms with Crippen LogP contribution >= 0.6 is 0 Å². The summed E-state index contributed by atoms with van der Waals surface area (Å²) < 4.78 is 21.3. The number of ether oxygens (including phenoxy) is 4. The summed E-state index contributed by atoms with van der Waals surface area (Å²) in [5.74, 6) is 0.367. The highest BCUT2D eigenvalue weighted by atomic mass is 16.7. The zero-order valence-electron chi connectivity index (χ0n) is 12.9. The first-order valence-corrected chi connectivity index (χ1v) is 7.39. The molecule has 1 N–H and O–H groups in total. The molecule has 0 saturated heterocycles. The summed E-state index contributed by atoms with van der Waals surface area (Å²) in [6.45, 7) is 4.51. The monoisotopic (exact) mass is 319 g/mol. The number of hydrogen-bond donors (Lipinski definition) is 1. The average Bonchev–Trinajstić information content (AvgIpc) is 2.55. The second kappa shape index (κ2) is 6.29. The van der Waals surface area contributed by atoms with Gasteiger partial charge < -0.3 is 23.9 Å². The van der Waals surface area contributed by atoms with Crippen molar-refractivity contribution in [3.8, 4) is 11.5 Å². The van der Waals surface area contributed by atoms with E-state index in [-0.39, 0.29) is 25.6 Å². The van der Waals surface area contributed by atoms with Crippen LogP contribution in [0.3, 0.4) is 0 Å². The van der Waals surface area contributed by atoms with Gasteiger partial charge in [0.15, 0.2) is 18.3 Å². The first-order chi connectivity index (χ1) is 11.2. The smallest absolute Gasteiger partial charge is 0.343 e. The molecule has 1 aromatic carbocycles. The molecule has 0 aliphatic carbocycles. The van der Waals surface area contributed by atoms with E-state index < -0.39 is 11.4 Å². The highest BCUT2D eigenvalue weighted by Gasteiger charge is 2.24. The summed E-state index contributed by atoms with van der Waals surface area (Å²) in [5, 5.41) is 0.355. The number of carbonyl (C=O) groups excluding carboxylic acids is 1. The van der Waals surface area contributed by atoms with E-state index >= 15 is 0 Å². The van der Waals surface area contributed by atoms with Gasteiger partial charge in [-0.25, -0.2) is 4.79 Å². The first-order valence-electron chi connectivity index (χ1n) is 7.39. The van der Waals surface area contributed by atoms with Crippen molar-refractivity contribution in [1.82, 2.24) is 4.98 Å². The van der Waals surface area contributed by atoms with Gasteiger partial charge in [0.2, 0.25) is 5.43 Å². The molecule has 0 amide bonds. The van der Waals surface area contributed by atoms with E-state index in [1.165, 1.54) is 6.20 Å². The van der Waals surface area contributed by atoms with E-state index in [4.69, 9.17) is 18.9 Å². The lowest BCUT2D eigenvalue weighted by atomic mass is 10.0. The number of rotatable bonds is 4. The number of H-pyrrole nitrogens is 1. The summed E-state index contributed by atoms with van der Waals surface area (Å²) in [7, 11) is 0. The van der Waals surface area contributed by atoms with Crippen molar-refractivity contribution in [3.63, 3.8) is 0 Å². The second-order valence-electron chi connectivity index (χ2n) is 4.90. The Labute approximate surface area is 132 Å². The third-order valence-corrected chi connectivity index (χ3v) is 3.52. The molecule has 0 radical (unpaired) electrons. The molecule has 7 heteroatoms. The van der Waals surface area contributed by atoms with Gasteiger partial charge in [-0.05, 0) is 13.8 Å². The fraction of sp³-hybridized carbons (Fsp3) is 0.375. The minimum atomic E-state index is -0.657. The lowest BCUT2D eigenvalue weighted by Gasteiger charge is -2.22. The van der Waals surface area contributed by atoms with Crippen LogP contribution in [0, 0.1) is 0 Å². The Bertz CT molecular complexity index is 810. The van der Waals surface area contributed by atoms with Gasteiger partial charge in [0, 0.05) is 17.8 Å². The van der Waals surface area contributed by atoms with E-state index in [0.717, 1.165) is 0 Å². The molecule has 7 nitrogen and oxygen atoms in total. The van der Waals surface area contributed by atoms with E-state index in [9.17, 15) is 9.59 Å². The summed E-state index contributed by atoms with van der Waals surface area (Å²) in [5.41, 5.74) is 0.672. The Morgan fingerprint density at radius 3 is 2.91 bits per heavy atom. The molecular formula is C16H17NO6. The molecule has 0 bridgehead atoms. The summed E-state index contributed by atoms with van der Waals surface area (Å²) >= 11 is 0. The molecule has 2 aromatic rings. The number of pyridine rings is 1. The maximum absolute atomic E-state index is 12.7. The van der Waals surface area contributed by atoms with Gasteiger partial charge in [0.05, 0.1) is 30.7 Å². The second-order valence-corrected chi connectivity index (χ2v) is 4.90. The van der Waals surface area contributed by atoms with E-state index in [1.807, 2.05) is 6.92 Å². The molecule has 1 aromatic heterocycles. The molecule has 0 fully saturated rings. The first kappa shape index (κ1) is 15.4. The summed E-state index contributed by atoms with van der Waals surface area (Å²) in [6, 6.07) is 1.69. The molecule has 0 unspecified atom stereocenters. The average molecular weight is 319 g/mol. The standard InChI is InChI=1S/C16H17NO6/c1-3-21-12-5-11-13(10-7-20-8-23-15(10)12)14(18)9(6-17-11)16(19)22-4-2/h5-6H,3-4,7-8H2,1-2H3,(H,17,18). The van der Waals surface area contributed by atoms with Crippen LogP contribution in [-0.2, 0) is 16.1 Å². The van der Waals surface area contributed by atoms with Crippen LogP contribution in [0.2, 0.25) is 0 Å². The Hall–Kier alpha value is -2.54. The lowest BCUT2D eigenvalue weighted by molar-refractivity contribution is -0.0174. The van der Waals surface area contributed by atoms with Crippen LogP contribution in [0.1, 0.15) is 29.8 Å². The van der Waals surface area contributed by atoms with E-state index in [1.54, 1.807) is 13.0 Å². The molecule has 1 aliphatic heterocycles. The van der Waals surface area contributed by atoms with Gasteiger partial charge in [-0.1, -0.05) is 0 Å². The predicted octanol–water partition coefficient (Wildman–Crippen LogP) is 1.97. The van der Waals surface area contributed by atoms with Crippen LogP contribution in [0.15, 0.2) is 17.1 Å². The van der Waals surface area contributed by atoms with Crippen LogP contribution < -0.4 is 14.9 Å². The highest BCUT2D eigenvalue weighted by Crippen LogP contribution is 2.38. The Morgan fingerprint density at radius 1 is 1.35 bits per heavy atom. The van der Waals surface area contributed by atoms with E-state index in [0.29, 0.717) is 34.6 Å². The van der Waals surface area contributed by atoms with Crippen LogP contribution in [-0.4, -0.2) is 31.0 Å². The van der Waals surface area contributed by atoms with Crippen molar-refractivity contribution in [1.29, 1.82) is 0 Å². The molecule has 1 aliphatic rings. The number of aromatic nitrogens is 1. The molecule has 122 valence electrons. The minimum absolute atomic E-state index is 0.0451.